The molecular weight excluding hydrogens is 584 g/mol. The van der Waals surface area contributed by atoms with Crippen LogP contribution in [0.15, 0.2) is 30.5 Å². The summed E-state index contributed by atoms with van der Waals surface area (Å²) in [7, 11) is 5.92. The summed E-state index contributed by atoms with van der Waals surface area (Å²) in [6.07, 6.45) is 2.46. The van der Waals surface area contributed by atoms with E-state index in [1.165, 1.54) is 10.9 Å². The van der Waals surface area contributed by atoms with Gasteiger partial charge in [0.25, 0.3) is 0 Å². The first kappa shape index (κ1) is 36.8. The largest absolute Gasteiger partial charge is 0.392 e. The number of aromatic amines is 1. The summed E-state index contributed by atoms with van der Waals surface area (Å²) in [4.78, 5) is 21.1. The second-order valence-corrected chi connectivity index (χ2v) is 15.0. The molecule has 1 aromatic heterocycles. The lowest BCUT2D eigenvalue weighted by Gasteiger charge is -2.46. The maximum absolute atomic E-state index is 13.6. The van der Waals surface area contributed by atoms with E-state index in [9.17, 15) is 20.1 Å². The Hall–Kier alpha value is -2.05. The highest BCUT2D eigenvalue weighted by atomic mass is 16.7. The average Bonchev–Trinajstić information content (AvgIpc) is 3.45. The van der Waals surface area contributed by atoms with Gasteiger partial charge in [-0.1, -0.05) is 26.8 Å². The molecule has 0 aliphatic carbocycles. The first-order valence-electron chi connectivity index (χ1n) is 17.3. The summed E-state index contributed by atoms with van der Waals surface area (Å²) < 4.78 is 12.6. The number of rotatable bonds is 7. The van der Waals surface area contributed by atoms with Gasteiger partial charge in [0.05, 0.1) is 29.8 Å². The number of nitrogens with one attached hydrogen (secondary N) is 2. The van der Waals surface area contributed by atoms with Crippen LogP contribution in [-0.2, 0) is 20.7 Å². The van der Waals surface area contributed by atoms with Crippen LogP contribution in [0.1, 0.15) is 72.3 Å². The average molecular weight is 645 g/mol. The molecule has 0 radical (unpaired) electrons. The number of hydrogen-bond donors (Lipinski definition) is 5. The van der Waals surface area contributed by atoms with Gasteiger partial charge in [0.15, 0.2) is 6.29 Å². The molecular formula is C36H60N4O6. The number of benzene rings is 1. The third-order valence-corrected chi connectivity index (χ3v) is 10.3. The maximum atomic E-state index is 13.6. The SMILES string of the molecule is C[C@H]1CN(C)CCC(CCCc2ccc3[nH]ccc3c2)NC(=O)[C@@H](C)[C@@H](O)[C@H](C)[C@@H](O[C@@H]2O[C@H](C)C[C@H](N(C)C)[C@H]2O)[C@](C)(O)C1. The van der Waals surface area contributed by atoms with Crippen molar-refractivity contribution in [1.82, 2.24) is 20.1 Å². The lowest BCUT2D eigenvalue weighted by atomic mass is 9.77. The number of H-pyrrole nitrogens is 1. The smallest absolute Gasteiger partial charge is 0.225 e. The molecule has 3 heterocycles. The molecule has 2 saturated heterocycles. The fourth-order valence-electron chi connectivity index (χ4n) is 7.74. The van der Waals surface area contributed by atoms with Crippen molar-refractivity contribution >= 4 is 16.8 Å². The van der Waals surface area contributed by atoms with Crippen LogP contribution in [0.25, 0.3) is 10.9 Å². The molecule has 2 aliphatic heterocycles. The van der Waals surface area contributed by atoms with E-state index in [4.69, 9.17) is 9.47 Å². The predicted octanol–water partition coefficient (Wildman–Crippen LogP) is 3.53. The number of ether oxygens (including phenoxy) is 2. The molecule has 0 saturated carbocycles. The second kappa shape index (κ2) is 15.9. The molecule has 2 fully saturated rings. The number of hydrogen-bond acceptors (Lipinski definition) is 8. The molecule has 1 unspecified atom stereocenters. The molecule has 10 heteroatoms. The zero-order chi connectivity index (χ0) is 33.8. The second-order valence-electron chi connectivity index (χ2n) is 15.0. The molecule has 260 valence electrons. The van der Waals surface area contributed by atoms with E-state index in [0.717, 1.165) is 44.3 Å². The Morgan fingerprint density at radius 2 is 1.87 bits per heavy atom. The van der Waals surface area contributed by atoms with E-state index in [-0.39, 0.29) is 30.0 Å². The van der Waals surface area contributed by atoms with E-state index >= 15 is 0 Å². The van der Waals surface area contributed by atoms with Crippen LogP contribution in [0, 0.1) is 17.8 Å². The van der Waals surface area contributed by atoms with Crippen molar-refractivity contribution in [1.29, 1.82) is 0 Å². The Morgan fingerprint density at radius 3 is 2.59 bits per heavy atom. The van der Waals surface area contributed by atoms with Crippen molar-refractivity contribution in [2.24, 2.45) is 17.8 Å². The zero-order valence-electron chi connectivity index (χ0n) is 29.3. The van der Waals surface area contributed by atoms with Crippen molar-refractivity contribution in [2.45, 2.75) is 122 Å². The number of aliphatic hydroxyl groups is 3. The lowest BCUT2D eigenvalue weighted by molar-refractivity contribution is -0.299. The highest BCUT2D eigenvalue weighted by Gasteiger charge is 2.47. The van der Waals surface area contributed by atoms with Crippen LogP contribution in [0.5, 0.6) is 0 Å². The predicted molar refractivity (Wildman–Crippen MR) is 181 cm³/mol. The molecule has 46 heavy (non-hydrogen) atoms. The van der Waals surface area contributed by atoms with Gasteiger partial charge in [-0.2, -0.15) is 0 Å². The minimum atomic E-state index is -1.36. The molecule has 0 bridgehead atoms. The quantitative estimate of drug-likeness (QED) is 0.310. The van der Waals surface area contributed by atoms with E-state index in [1.807, 2.05) is 39.0 Å². The number of aryl methyl sites for hydroxylation is 1. The topological polar surface area (TPSA) is 131 Å². The number of fused-ring (bicyclic) bond motifs is 1. The summed E-state index contributed by atoms with van der Waals surface area (Å²) in [5.41, 5.74) is 1.05. The Kier molecular flexibility index (Phi) is 12.7. The molecule has 4 rings (SSSR count). The van der Waals surface area contributed by atoms with Gasteiger partial charge in [0.2, 0.25) is 5.91 Å². The first-order valence-corrected chi connectivity index (χ1v) is 17.3. The number of likely N-dealkylation sites (N-methyl/N-ethyl adjacent to an activating group) is 1. The fourth-order valence-corrected chi connectivity index (χ4v) is 7.74. The minimum absolute atomic E-state index is 0.0282. The molecule has 0 spiro atoms. The molecule has 10 nitrogen and oxygen atoms in total. The van der Waals surface area contributed by atoms with Crippen molar-refractivity contribution in [2.75, 3.05) is 34.2 Å². The Labute approximate surface area is 275 Å². The molecule has 2 aromatic rings. The van der Waals surface area contributed by atoms with Crippen molar-refractivity contribution in [3.8, 4) is 0 Å². The minimum Gasteiger partial charge on any atom is -0.392 e. The molecule has 5 N–H and O–H groups in total. The normalized spacial score (nSPS) is 37.7. The Morgan fingerprint density at radius 1 is 1.13 bits per heavy atom. The summed E-state index contributed by atoms with van der Waals surface area (Å²) in [5.74, 6) is -1.45. The molecule has 11 atom stereocenters. The highest BCUT2D eigenvalue weighted by Crippen LogP contribution is 2.35. The van der Waals surface area contributed by atoms with Crippen LogP contribution in [-0.4, -0.2) is 119 Å². The summed E-state index contributed by atoms with van der Waals surface area (Å²) in [6.45, 7) is 10.9. The summed E-state index contributed by atoms with van der Waals surface area (Å²) in [5, 5.41) is 39.3. The van der Waals surface area contributed by atoms with E-state index in [0.29, 0.717) is 12.8 Å². The Bertz CT molecular complexity index is 1250. The van der Waals surface area contributed by atoms with E-state index in [1.54, 1.807) is 13.8 Å². The third kappa shape index (κ3) is 9.30. The van der Waals surface area contributed by atoms with Crippen LogP contribution >= 0.6 is 0 Å². The van der Waals surface area contributed by atoms with Crippen LogP contribution in [0.3, 0.4) is 0 Å². The van der Waals surface area contributed by atoms with Gasteiger partial charge in [0, 0.05) is 36.3 Å². The fraction of sp³-hybridized carbons (Fsp3) is 0.750. The van der Waals surface area contributed by atoms with Gasteiger partial charge < -0.3 is 44.9 Å². The highest BCUT2D eigenvalue weighted by molar-refractivity contribution is 5.80. The van der Waals surface area contributed by atoms with E-state index in [2.05, 4.69) is 53.4 Å². The van der Waals surface area contributed by atoms with Crippen LogP contribution < -0.4 is 5.32 Å². The van der Waals surface area contributed by atoms with Crippen molar-refractivity contribution in [3.05, 3.63) is 36.0 Å². The zero-order valence-corrected chi connectivity index (χ0v) is 29.3. The number of aromatic nitrogens is 1. The van der Waals surface area contributed by atoms with Gasteiger partial charge in [-0.15, -0.1) is 0 Å². The number of carbonyl (C=O) groups is 1. The van der Waals surface area contributed by atoms with E-state index < -0.39 is 42.0 Å². The van der Waals surface area contributed by atoms with Gasteiger partial charge >= 0.3 is 0 Å². The third-order valence-electron chi connectivity index (χ3n) is 10.3. The number of amides is 1. The molecule has 1 aromatic carbocycles. The van der Waals surface area contributed by atoms with Crippen molar-refractivity contribution < 1.29 is 29.6 Å². The van der Waals surface area contributed by atoms with Crippen molar-refractivity contribution in [3.63, 3.8) is 0 Å². The molecule has 1 amide bonds. The number of nitrogens with zero attached hydrogens (tertiary/aromatic N) is 2. The number of aliphatic hydroxyl groups excluding tert-OH is 2. The van der Waals surface area contributed by atoms with Crippen LogP contribution in [0.4, 0.5) is 0 Å². The van der Waals surface area contributed by atoms with Gasteiger partial charge in [-0.3, -0.25) is 4.79 Å². The summed E-state index contributed by atoms with van der Waals surface area (Å²) >= 11 is 0. The maximum Gasteiger partial charge on any atom is 0.225 e. The summed E-state index contributed by atoms with van der Waals surface area (Å²) in [6, 6.07) is 8.37. The molecule has 2 aliphatic rings. The number of carbonyl (C=O) groups excluding carboxylic acids is 1. The van der Waals surface area contributed by atoms with Gasteiger partial charge in [-0.25, -0.2) is 0 Å². The van der Waals surface area contributed by atoms with Gasteiger partial charge in [-0.05, 0) is 115 Å². The van der Waals surface area contributed by atoms with Gasteiger partial charge in [0.1, 0.15) is 6.10 Å². The monoisotopic (exact) mass is 644 g/mol. The lowest BCUT2D eigenvalue weighted by Crippen LogP contribution is -2.59. The standard InChI is InChI=1S/C36H60N4O6/c1-22-20-36(5,44)33(46-35-32(42)30(39(6)7)18-23(2)45-35)24(3)31(41)25(4)34(43)38-28(15-17-40(8)21-22)11-9-10-26-12-13-29-27(19-26)14-16-37-29/h12-14,16,19,22-25,28,30-33,35,37,41-42,44H,9-11,15,17-18,20-21H2,1-8H3,(H,38,43)/t22-,23-,24+,25+,28?,30+,31+,32-,33-,35+,36-/m1/s1. The first-order chi connectivity index (χ1) is 21.7. The Balaban J connectivity index is 1.50. The van der Waals surface area contributed by atoms with Crippen LogP contribution in [0.2, 0.25) is 0 Å².